The highest BCUT2D eigenvalue weighted by Crippen LogP contribution is 2.46. The first-order valence-electron chi connectivity index (χ1n) is 10.1. The number of aromatic hydroxyl groups is 2. The quantitative estimate of drug-likeness (QED) is 0.341. The summed E-state index contributed by atoms with van der Waals surface area (Å²) >= 11 is 0. The van der Waals surface area contributed by atoms with Gasteiger partial charge in [0.1, 0.15) is 11.5 Å². The van der Waals surface area contributed by atoms with Crippen LogP contribution < -0.4 is 0 Å². The smallest absolute Gasteiger partial charge is 0.120 e. The summed E-state index contributed by atoms with van der Waals surface area (Å²) in [4.78, 5) is 0. The molecule has 2 N–H and O–H groups in total. The van der Waals surface area contributed by atoms with Crippen molar-refractivity contribution in [2.75, 3.05) is 0 Å². The zero-order valence-electron chi connectivity index (χ0n) is 16.7. The summed E-state index contributed by atoms with van der Waals surface area (Å²) in [7, 11) is 0. The van der Waals surface area contributed by atoms with E-state index in [-0.39, 0.29) is 11.5 Å². The third kappa shape index (κ3) is 3.15. The molecule has 3 heteroatoms. The molecule has 0 aliphatic heterocycles. The van der Waals surface area contributed by atoms with Gasteiger partial charge >= 0.3 is 0 Å². The lowest BCUT2D eigenvalue weighted by atomic mass is 9.79. The number of phenols is 2. The Bertz CT molecular complexity index is 1380. The van der Waals surface area contributed by atoms with Gasteiger partial charge in [-0.2, -0.15) is 5.26 Å². The minimum absolute atomic E-state index is 0.167. The van der Waals surface area contributed by atoms with Gasteiger partial charge in [0.05, 0.1) is 11.6 Å². The molecule has 5 rings (SSSR count). The van der Waals surface area contributed by atoms with E-state index in [0.717, 1.165) is 38.2 Å². The van der Waals surface area contributed by atoms with Crippen LogP contribution in [0, 0.1) is 11.3 Å². The summed E-state index contributed by atoms with van der Waals surface area (Å²) in [5, 5.41) is 35.2. The zero-order chi connectivity index (χ0) is 21.4. The number of phenolic OH excluding ortho intramolecular Hbond substituents is 2. The lowest BCUT2D eigenvalue weighted by Crippen LogP contribution is -2.06. The summed E-state index contributed by atoms with van der Waals surface area (Å²) in [5.41, 5.74) is 2.91. The molecule has 0 bridgehead atoms. The van der Waals surface area contributed by atoms with Crippen LogP contribution >= 0.6 is 0 Å². The maximum absolute atomic E-state index is 11.0. The average molecular weight is 401 g/mol. The first-order valence-corrected chi connectivity index (χ1v) is 10.1. The molecule has 0 spiro atoms. The standard InChI is InChI=1S/C28H19NO2/c29-17-18-9-11-21(12-10-18)26(27-22-7-3-1-5-19(22)13-15-24(27)30)28-23-8-4-2-6-20(23)14-16-25(28)31/h1-16,26,30-31H. The molecule has 5 aromatic carbocycles. The second-order valence-corrected chi connectivity index (χ2v) is 7.61. The van der Waals surface area contributed by atoms with Crippen molar-refractivity contribution in [2.45, 2.75) is 5.92 Å². The first-order chi connectivity index (χ1) is 15.2. The van der Waals surface area contributed by atoms with Crippen molar-refractivity contribution >= 4 is 21.5 Å². The van der Waals surface area contributed by atoms with Gasteiger partial charge in [0.25, 0.3) is 0 Å². The number of rotatable bonds is 3. The molecule has 0 amide bonds. The predicted octanol–water partition coefficient (Wildman–Crippen LogP) is 6.46. The third-order valence-corrected chi connectivity index (χ3v) is 5.85. The lowest BCUT2D eigenvalue weighted by Gasteiger charge is -2.24. The van der Waals surface area contributed by atoms with E-state index in [0.29, 0.717) is 5.56 Å². The van der Waals surface area contributed by atoms with Crippen LogP contribution in [0.4, 0.5) is 0 Å². The Hall–Kier alpha value is -4.29. The molecule has 148 valence electrons. The average Bonchev–Trinajstić information content (AvgIpc) is 2.82. The number of benzene rings is 5. The van der Waals surface area contributed by atoms with E-state index in [1.165, 1.54) is 0 Å². The van der Waals surface area contributed by atoms with Gasteiger partial charge in [0.15, 0.2) is 0 Å². The SMILES string of the molecule is N#Cc1ccc(C(c2c(O)ccc3ccccc23)c2c(O)ccc3ccccc23)cc1. The highest BCUT2D eigenvalue weighted by molar-refractivity contribution is 5.93. The molecule has 0 fully saturated rings. The van der Waals surface area contributed by atoms with E-state index in [1.54, 1.807) is 24.3 Å². The number of fused-ring (bicyclic) bond motifs is 2. The Morgan fingerprint density at radius 3 is 1.55 bits per heavy atom. The molecule has 0 radical (unpaired) electrons. The summed E-state index contributed by atoms with van der Waals surface area (Å²) in [6.45, 7) is 0. The lowest BCUT2D eigenvalue weighted by molar-refractivity contribution is 0.460. The third-order valence-electron chi connectivity index (χ3n) is 5.85. The first kappa shape index (κ1) is 18.7. The van der Waals surface area contributed by atoms with Crippen LogP contribution in [0.5, 0.6) is 11.5 Å². The van der Waals surface area contributed by atoms with E-state index in [4.69, 9.17) is 0 Å². The molecule has 0 aliphatic carbocycles. The van der Waals surface area contributed by atoms with Gasteiger partial charge in [0.2, 0.25) is 0 Å². The molecule has 0 saturated heterocycles. The highest BCUT2D eigenvalue weighted by atomic mass is 16.3. The second kappa shape index (κ2) is 7.51. The van der Waals surface area contributed by atoms with Crippen LogP contribution in [0.15, 0.2) is 97.1 Å². The molecule has 0 aromatic heterocycles. The van der Waals surface area contributed by atoms with E-state index < -0.39 is 5.92 Å². The Morgan fingerprint density at radius 2 is 1.06 bits per heavy atom. The monoisotopic (exact) mass is 401 g/mol. The molecule has 31 heavy (non-hydrogen) atoms. The van der Waals surface area contributed by atoms with Gasteiger partial charge < -0.3 is 10.2 Å². The number of nitrogens with zero attached hydrogens (tertiary/aromatic N) is 1. The molecule has 0 aliphatic rings. The van der Waals surface area contributed by atoms with Gasteiger partial charge in [-0.05, 0) is 51.4 Å². The molecule has 0 saturated carbocycles. The van der Waals surface area contributed by atoms with Crippen molar-refractivity contribution in [3.05, 3.63) is 119 Å². The van der Waals surface area contributed by atoms with E-state index in [9.17, 15) is 15.5 Å². The fraction of sp³-hybridized carbons (Fsp3) is 0.0357. The van der Waals surface area contributed by atoms with Crippen molar-refractivity contribution in [3.63, 3.8) is 0 Å². The number of hydrogen-bond acceptors (Lipinski definition) is 3. The molecular weight excluding hydrogens is 382 g/mol. The van der Waals surface area contributed by atoms with Crippen molar-refractivity contribution in [2.24, 2.45) is 0 Å². The predicted molar refractivity (Wildman–Crippen MR) is 123 cm³/mol. The summed E-state index contributed by atoms with van der Waals surface area (Å²) in [6.07, 6.45) is 0. The molecule has 5 aromatic rings. The van der Waals surface area contributed by atoms with Crippen LogP contribution in [0.2, 0.25) is 0 Å². The van der Waals surface area contributed by atoms with E-state index in [1.807, 2.05) is 72.8 Å². The summed E-state index contributed by atoms with van der Waals surface area (Å²) in [5.74, 6) is -0.0919. The molecule has 0 unspecified atom stereocenters. The molecule has 3 nitrogen and oxygen atoms in total. The minimum atomic E-state index is -0.426. The van der Waals surface area contributed by atoms with Crippen LogP contribution in [-0.4, -0.2) is 10.2 Å². The molecule has 0 atom stereocenters. The fourth-order valence-corrected chi connectivity index (χ4v) is 4.40. The van der Waals surface area contributed by atoms with Crippen molar-refractivity contribution in [1.29, 1.82) is 5.26 Å². The van der Waals surface area contributed by atoms with Crippen LogP contribution in [0.3, 0.4) is 0 Å². The Morgan fingerprint density at radius 1 is 0.581 bits per heavy atom. The summed E-state index contributed by atoms with van der Waals surface area (Å²) < 4.78 is 0. The van der Waals surface area contributed by atoms with Crippen LogP contribution in [-0.2, 0) is 0 Å². The maximum Gasteiger partial charge on any atom is 0.120 e. The highest BCUT2D eigenvalue weighted by Gasteiger charge is 2.26. The Kier molecular flexibility index (Phi) is 4.54. The normalized spacial score (nSPS) is 11.1. The fourth-order valence-electron chi connectivity index (χ4n) is 4.40. The van der Waals surface area contributed by atoms with Crippen molar-refractivity contribution < 1.29 is 10.2 Å². The molecule has 0 heterocycles. The Balaban J connectivity index is 1.90. The van der Waals surface area contributed by atoms with Crippen molar-refractivity contribution in [1.82, 2.24) is 0 Å². The van der Waals surface area contributed by atoms with Gasteiger partial charge in [-0.25, -0.2) is 0 Å². The van der Waals surface area contributed by atoms with Crippen molar-refractivity contribution in [3.8, 4) is 17.6 Å². The Labute approximate surface area is 180 Å². The number of hydrogen-bond donors (Lipinski definition) is 2. The van der Waals surface area contributed by atoms with Crippen LogP contribution in [0.1, 0.15) is 28.2 Å². The number of nitriles is 1. The topological polar surface area (TPSA) is 64.2 Å². The van der Waals surface area contributed by atoms with Gasteiger partial charge in [-0.1, -0.05) is 72.8 Å². The van der Waals surface area contributed by atoms with Crippen LogP contribution in [0.25, 0.3) is 21.5 Å². The van der Waals surface area contributed by atoms with Gasteiger partial charge in [0, 0.05) is 17.0 Å². The zero-order valence-corrected chi connectivity index (χ0v) is 16.7. The van der Waals surface area contributed by atoms with Gasteiger partial charge in [-0.15, -0.1) is 0 Å². The largest absolute Gasteiger partial charge is 0.508 e. The van der Waals surface area contributed by atoms with E-state index in [2.05, 4.69) is 6.07 Å². The summed E-state index contributed by atoms with van der Waals surface area (Å²) in [6, 6.07) is 32.5. The molecular formula is C28H19NO2. The minimum Gasteiger partial charge on any atom is -0.508 e. The maximum atomic E-state index is 11.0. The van der Waals surface area contributed by atoms with Gasteiger partial charge in [-0.3, -0.25) is 0 Å². The second-order valence-electron chi connectivity index (χ2n) is 7.61. The van der Waals surface area contributed by atoms with E-state index >= 15 is 0 Å².